The summed E-state index contributed by atoms with van der Waals surface area (Å²) in [5.41, 5.74) is 3.99. The summed E-state index contributed by atoms with van der Waals surface area (Å²) in [5, 5.41) is 0.660. The van der Waals surface area contributed by atoms with Crippen LogP contribution >= 0.6 is 11.6 Å². The van der Waals surface area contributed by atoms with E-state index in [1.54, 1.807) is 12.1 Å². The molecule has 2 nitrogen and oxygen atoms in total. The fourth-order valence-electron chi connectivity index (χ4n) is 2.00. The van der Waals surface area contributed by atoms with E-state index in [0.29, 0.717) is 10.8 Å². The number of hydrogen-bond donors (Lipinski definition) is 0. The van der Waals surface area contributed by atoms with Crippen molar-refractivity contribution in [2.75, 3.05) is 0 Å². The van der Waals surface area contributed by atoms with E-state index in [-0.39, 0.29) is 12.4 Å². The molecule has 0 spiro atoms. The van der Waals surface area contributed by atoms with Gasteiger partial charge in [-0.25, -0.2) is 0 Å². The molecule has 0 fully saturated rings. The summed E-state index contributed by atoms with van der Waals surface area (Å²) in [6, 6.07) is 11.2. The third-order valence-electron chi connectivity index (χ3n) is 3.35. The molecule has 0 saturated carbocycles. The Kier molecular flexibility index (Phi) is 4.46. The second-order valence-corrected chi connectivity index (χ2v) is 5.37. The first kappa shape index (κ1) is 14.6. The molecule has 0 unspecified atom stereocenters. The third-order valence-corrected chi connectivity index (χ3v) is 3.60. The van der Waals surface area contributed by atoms with Gasteiger partial charge in [-0.15, -0.1) is 0 Å². The van der Waals surface area contributed by atoms with Gasteiger partial charge in [0.1, 0.15) is 5.75 Å². The van der Waals surface area contributed by atoms with Crippen LogP contribution in [0.3, 0.4) is 0 Å². The first-order chi connectivity index (χ1) is 9.47. The quantitative estimate of drug-likeness (QED) is 0.617. The van der Waals surface area contributed by atoms with Gasteiger partial charge in [0, 0.05) is 5.02 Å². The van der Waals surface area contributed by atoms with E-state index < -0.39 is 0 Å². The predicted molar refractivity (Wildman–Crippen MR) is 81.4 cm³/mol. The highest BCUT2D eigenvalue weighted by molar-refractivity contribution is 6.30. The van der Waals surface area contributed by atoms with Crippen LogP contribution in [0.5, 0.6) is 5.75 Å². The zero-order valence-corrected chi connectivity index (χ0v) is 12.6. The van der Waals surface area contributed by atoms with E-state index in [1.165, 1.54) is 0 Å². The summed E-state index contributed by atoms with van der Waals surface area (Å²) >= 11 is 5.82. The van der Waals surface area contributed by atoms with Crippen molar-refractivity contribution >= 4 is 17.6 Å². The number of halogens is 1. The largest absolute Gasteiger partial charge is 0.426 e. The maximum absolute atomic E-state index is 12.0. The Morgan fingerprint density at radius 2 is 1.60 bits per heavy atom. The molecule has 104 valence electrons. The second kappa shape index (κ2) is 6.10. The molecular weight excluding hydrogens is 272 g/mol. The van der Waals surface area contributed by atoms with Gasteiger partial charge in [0.15, 0.2) is 0 Å². The van der Waals surface area contributed by atoms with Gasteiger partial charge < -0.3 is 4.74 Å². The molecule has 0 aliphatic carbocycles. The Bertz CT molecular complexity index is 630. The molecule has 0 aliphatic heterocycles. The van der Waals surface area contributed by atoms with Crippen molar-refractivity contribution in [3.05, 3.63) is 63.7 Å². The van der Waals surface area contributed by atoms with Crippen LogP contribution in [0, 0.1) is 20.8 Å². The smallest absolute Gasteiger partial charge is 0.315 e. The van der Waals surface area contributed by atoms with Crippen LogP contribution in [0.2, 0.25) is 5.02 Å². The molecule has 0 atom stereocenters. The summed E-state index contributed by atoms with van der Waals surface area (Å²) in [6.07, 6.45) is 0.240. The summed E-state index contributed by atoms with van der Waals surface area (Å²) in [7, 11) is 0. The average Bonchev–Trinajstić information content (AvgIpc) is 2.42. The summed E-state index contributed by atoms with van der Waals surface area (Å²) < 4.78 is 5.52. The standard InChI is InChI=1S/C17H17ClO2/c1-11-4-5-12(2)17(13(11)3)20-16(19)10-14-6-8-15(18)9-7-14/h4-9H,10H2,1-3H3. The van der Waals surface area contributed by atoms with E-state index in [4.69, 9.17) is 16.3 Å². The van der Waals surface area contributed by atoms with Crippen LogP contribution in [-0.2, 0) is 11.2 Å². The first-order valence-corrected chi connectivity index (χ1v) is 6.87. The molecule has 2 rings (SSSR count). The number of esters is 1. The molecule has 3 heteroatoms. The molecule has 0 N–H and O–H groups in total. The van der Waals surface area contributed by atoms with E-state index in [2.05, 4.69) is 0 Å². The van der Waals surface area contributed by atoms with Crippen molar-refractivity contribution in [1.82, 2.24) is 0 Å². The molecule has 0 radical (unpaired) electrons. The normalized spacial score (nSPS) is 10.4. The van der Waals surface area contributed by atoms with Gasteiger partial charge in [-0.1, -0.05) is 35.9 Å². The Balaban J connectivity index is 2.12. The van der Waals surface area contributed by atoms with Gasteiger partial charge in [-0.3, -0.25) is 4.79 Å². The molecule has 0 saturated heterocycles. The third kappa shape index (κ3) is 3.40. The van der Waals surface area contributed by atoms with E-state index in [9.17, 15) is 4.79 Å². The van der Waals surface area contributed by atoms with Gasteiger partial charge in [0.25, 0.3) is 0 Å². The van der Waals surface area contributed by atoms with E-state index in [0.717, 1.165) is 22.3 Å². The molecule has 2 aromatic carbocycles. The molecule has 0 bridgehead atoms. The van der Waals surface area contributed by atoms with Gasteiger partial charge in [-0.2, -0.15) is 0 Å². The maximum Gasteiger partial charge on any atom is 0.315 e. The molecule has 0 heterocycles. The lowest BCUT2D eigenvalue weighted by Gasteiger charge is -2.12. The predicted octanol–water partition coefficient (Wildman–Crippen LogP) is 4.41. The number of aryl methyl sites for hydroxylation is 2. The van der Waals surface area contributed by atoms with E-state index >= 15 is 0 Å². The summed E-state index contributed by atoms with van der Waals surface area (Å²) in [4.78, 5) is 12.0. The SMILES string of the molecule is Cc1ccc(C)c(OC(=O)Cc2ccc(Cl)cc2)c1C. The molecule has 0 aromatic heterocycles. The van der Waals surface area contributed by atoms with Crippen LogP contribution in [0.15, 0.2) is 36.4 Å². The Morgan fingerprint density at radius 1 is 1.00 bits per heavy atom. The number of rotatable bonds is 3. The summed E-state index contributed by atoms with van der Waals surface area (Å²) in [6.45, 7) is 5.91. The minimum Gasteiger partial charge on any atom is -0.426 e. The second-order valence-electron chi connectivity index (χ2n) is 4.93. The zero-order chi connectivity index (χ0) is 14.7. The first-order valence-electron chi connectivity index (χ1n) is 6.49. The van der Waals surface area contributed by atoms with Crippen LogP contribution in [0.25, 0.3) is 0 Å². The van der Waals surface area contributed by atoms with Gasteiger partial charge in [0.05, 0.1) is 6.42 Å². The fourth-order valence-corrected chi connectivity index (χ4v) is 2.13. The van der Waals surface area contributed by atoms with Crippen LogP contribution in [-0.4, -0.2) is 5.97 Å². The van der Waals surface area contributed by atoms with Crippen molar-refractivity contribution in [2.24, 2.45) is 0 Å². The van der Waals surface area contributed by atoms with Crippen LogP contribution in [0.1, 0.15) is 22.3 Å². The Hall–Kier alpha value is -1.80. The fraction of sp³-hybridized carbons (Fsp3) is 0.235. The lowest BCUT2D eigenvalue weighted by molar-refractivity contribution is -0.133. The Morgan fingerprint density at radius 3 is 2.25 bits per heavy atom. The minimum absolute atomic E-state index is 0.240. The minimum atomic E-state index is -0.260. The molecule has 2 aromatic rings. The Labute approximate surface area is 124 Å². The van der Waals surface area contributed by atoms with Crippen molar-refractivity contribution in [3.8, 4) is 5.75 Å². The lowest BCUT2D eigenvalue weighted by Crippen LogP contribution is -2.13. The highest BCUT2D eigenvalue weighted by Crippen LogP contribution is 2.26. The molecule has 0 amide bonds. The highest BCUT2D eigenvalue weighted by Gasteiger charge is 2.12. The van der Waals surface area contributed by atoms with Crippen molar-refractivity contribution in [2.45, 2.75) is 27.2 Å². The zero-order valence-electron chi connectivity index (χ0n) is 11.9. The molecular formula is C17H17ClO2. The number of benzene rings is 2. The maximum atomic E-state index is 12.0. The highest BCUT2D eigenvalue weighted by atomic mass is 35.5. The van der Waals surface area contributed by atoms with E-state index in [1.807, 2.05) is 45.0 Å². The molecule has 20 heavy (non-hydrogen) atoms. The van der Waals surface area contributed by atoms with Crippen LogP contribution in [0.4, 0.5) is 0 Å². The topological polar surface area (TPSA) is 26.3 Å². The van der Waals surface area contributed by atoms with Gasteiger partial charge >= 0.3 is 5.97 Å². The number of ether oxygens (including phenoxy) is 1. The average molecular weight is 289 g/mol. The summed E-state index contributed by atoms with van der Waals surface area (Å²) in [5.74, 6) is 0.410. The van der Waals surface area contributed by atoms with Crippen LogP contribution < -0.4 is 4.74 Å². The van der Waals surface area contributed by atoms with Crippen molar-refractivity contribution < 1.29 is 9.53 Å². The van der Waals surface area contributed by atoms with Gasteiger partial charge in [-0.05, 0) is 55.2 Å². The number of carbonyl (C=O) groups excluding carboxylic acids is 1. The number of carbonyl (C=O) groups is 1. The molecule has 0 aliphatic rings. The number of hydrogen-bond acceptors (Lipinski definition) is 2. The lowest BCUT2D eigenvalue weighted by atomic mass is 10.1. The van der Waals surface area contributed by atoms with Gasteiger partial charge in [0.2, 0.25) is 0 Å². The van der Waals surface area contributed by atoms with Crippen molar-refractivity contribution in [1.29, 1.82) is 0 Å². The monoisotopic (exact) mass is 288 g/mol. The van der Waals surface area contributed by atoms with Crippen molar-refractivity contribution in [3.63, 3.8) is 0 Å².